The van der Waals surface area contributed by atoms with Crippen LogP contribution in [0.3, 0.4) is 0 Å². The van der Waals surface area contributed by atoms with Gasteiger partial charge in [0, 0.05) is 26.2 Å². The maximum absolute atomic E-state index is 11.9. The molecular weight excluding hydrogens is 180 g/mol. The molecule has 0 aromatic rings. The second kappa shape index (κ2) is 4.17. The third-order valence-corrected chi connectivity index (χ3v) is 3.06. The fraction of sp³-hybridized carbons (Fsp3) is 0.900. The molecule has 2 amide bonds. The van der Waals surface area contributed by atoms with E-state index in [1.165, 1.54) is 6.42 Å². The second-order valence-electron chi connectivity index (χ2n) is 4.22. The summed E-state index contributed by atoms with van der Waals surface area (Å²) < 4.78 is 0. The Kier molecular flexibility index (Phi) is 2.91. The topological polar surface area (TPSA) is 43.8 Å². The van der Waals surface area contributed by atoms with Crippen LogP contribution in [0, 0.1) is 0 Å². The number of β-amino-alcohol motifs (C(OH)–C–C–N with tert-alkyl or cyclic N) is 1. The van der Waals surface area contributed by atoms with Crippen LogP contribution < -0.4 is 0 Å². The van der Waals surface area contributed by atoms with E-state index in [-0.39, 0.29) is 12.1 Å². The standard InChI is InChI=1S/C10H18N2O2/c13-9-4-7-12(8-9)10(14)11-5-2-1-3-6-11/h9,13H,1-8H2/t9-/m1/s1. The number of likely N-dealkylation sites (tertiary alicyclic amines) is 2. The fourth-order valence-electron chi connectivity index (χ4n) is 2.20. The number of rotatable bonds is 0. The molecule has 0 saturated carbocycles. The Bertz CT molecular complexity index is 207. The number of aliphatic hydroxyl groups excluding tert-OH is 1. The number of aliphatic hydroxyl groups is 1. The number of carbonyl (C=O) groups excluding carboxylic acids is 1. The van der Waals surface area contributed by atoms with Gasteiger partial charge in [-0.3, -0.25) is 0 Å². The molecule has 0 radical (unpaired) electrons. The molecule has 14 heavy (non-hydrogen) atoms. The summed E-state index contributed by atoms with van der Waals surface area (Å²) >= 11 is 0. The van der Waals surface area contributed by atoms with Gasteiger partial charge in [0.2, 0.25) is 0 Å². The lowest BCUT2D eigenvalue weighted by Gasteiger charge is -2.30. The minimum atomic E-state index is -0.302. The third kappa shape index (κ3) is 2.00. The van der Waals surface area contributed by atoms with E-state index in [0.717, 1.165) is 38.9 Å². The number of hydrogen-bond donors (Lipinski definition) is 1. The Morgan fingerprint density at radius 2 is 1.79 bits per heavy atom. The van der Waals surface area contributed by atoms with Crippen molar-refractivity contribution in [2.75, 3.05) is 26.2 Å². The molecule has 4 nitrogen and oxygen atoms in total. The number of amides is 2. The summed E-state index contributed by atoms with van der Waals surface area (Å²) in [5.41, 5.74) is 0. The van der Waals surface area contributed by atoms with Crippen LogP contribution in [0.25, 0.3) is 0 Å². The van der Waals surface area contributed by atoms with Gasteiger partial charge in [0.15, 0.2) is 0 Å². The fourth-order valence-corrected chi connectivity index (χ4v) is 2.20. The van der Waals surface area contributed by atoms with Crippen molar-refractivity contribution in [3.8, 4) is 0 Å². The van der Waals surface area contributed by atoms with Gasteiger partial charge in [0.05, 0.1) is 6.10 Å². The van der Waals surface area contributed by atoms with Crippen molar-refractivity contribution >= 4 is 6.03 Å². The van der Waals surface area contributed by atoms with Crippen LogP contribution in [-0.2, 0) is 0 Å². The Morgan fingerprint density at radius 3 is 2.36 bits per heavy atom. The molecule has 0 aromatic heterocycles. The lowest BCUT2D eigenvalue weighted by Crippen LogP contribution is -2.44. The second-order valence-corrected chi connectivity index (χ2v) is 4.22. The van der Waals surface area contributed by atoms with Crippen molar-refractivity contribution in [1.29, 1.82) is 0 Å². The molecular formula is C10H18N2O2. The van der Waals surface area contributed by atoms with Crippen LogP contribution in [0.1, 0.15) is 25.7 Å². The molecule has 2 fully saturated rings. The molecule has 80 valence electrons. The van der Waals surface area contributed by atoms with E-state index in [4.69, 9.17) is 0 Å². The molecule has 0 bridgehead atoms. The van der Waals surface area contributed by atoms with Crippen molar-refractivity contribution in [3.05, 3.63) is 0 Å². The average molecular weight is 198 g/mol. The predicted octanol–water partition coefficient (Wildman–Crippen LogP) is 0.659. The highest BCUT2D eigenvalue weighted by atomic mass is 16.3. The van der Waals surface area contributed by atoms with Crippen LogP contribution in [0.2, 0.25) is 0 Å². The highest BCUT2D eigenvalue weighted by Gasteiger charge is 2.28. The molecule has 2 saturated heterocycles. The van der Waals surface area contributed by atoms with E-state index in [0.29, 0.717) is 6.54 Å². The number of nitrogens with zero attached hydrogens (tertiary/aromatic N) is 2. The van der Waals surface area contributed by atoms with Crippen molar-refractivity contribution in [2.45, 2.75) is 31.8 Å². The van der Waals surface area contributed by atoms with Crippen LogP contribution in [-0.4, -0.2) is 53.2 Å². The van der Waals surface area contributed by atoms with Crippen molar-refractivity contribution in [2.24, 2.45) is 0 Å². The summed E-state index contributed by atoms with van der Waals surface area (Å²) in [6.45, 7) is 3.03. The van der Waals surface area contributed by atoms with Gasteiger partial charge < -0.3 is 14.9 Å². The summed E-state index contributed by atoms with van der Waals surface area (Å²) in [5, 5.41) is 9.33. The smallest absolute Gasteiger partial charge is 0.320 e. The van der Waals surface area contributed by atoms with E-state index in [1.807, 2.05) is 4.90 Å². The molecule has 0 aromatic carbocycles. The van der Waals surface area contributed by atoms with Crippen molar-refractivity contribution < 1.29 is 9.90 Å². The minimum absolute atomic E-state index is 0.126. The first-order chi connectivity index (χ1) is 6.77. The Balaban J connectivity index is 1.87. The monoisotopic (exact) mass is 198 g/mol. The highest BCUT2D eigenvalue weighted by molar-refractivity contribution is 5.74. The summed E-state index contributed by atoms with van der Waals surface area (Å²) in [4.78, 5) is 15.6. The van der Waals surface area contributed by atoms with Crippen molar-refractivity contribution in [1.82, 2.24) is 9.80 Å². The average Bonchev–Trinajstić information content (AvgIpc) is 2.65. The first-order valence-corrected chi connectivity index (χ1v) is 5.49. The SMILES string of the molecule is O=C(N1CCCCC1)N1CC[C@@H](O)C1. The minimum Gasteiger partial charge on any atom is -0.391 e. The van der Waals surface area contributed by atoms with Crippen LogP contribution in [0.4, 0.5) is 4.79 Å². The zero-order chi connectivity index (χ0) is 9.97. The third-order valence-electron chi connectivity index (χ3n) is 3.06. The number of hydrogen-bond acceptors (Lipinski definition) is 2. The van der Waals surface area contributed by atoms with Crippen LogP contribution >= 0.6 is 0 Å². The maximum Gasteiger partial charge on any atom is 0.320 e. The van der Waals surface area contributed by atoms with Gasteiger partial charge in [-0.1, -0.05) is 0 Å². The molecule has 2 heterocycles. The van der Waals surface area contributed by atoms with E-state index in [1.54, 1.807) is 4.90 Å². The normalized spacial score (nSPS) is 28.2. The summed E-state index contributed by atoms with van der Waals surface area (Å²) in [7, 11) is 0. The van der Waals surface area contributed by atoms with Crippen LogP contribution in [0.15, 0.2) is 0 Å². The molecule has 4 heteroatoms. The van der Waals surface area contributed by atoms with Gasteiger partial charge >= 0.3 is 6.03 Å². The summed E-state index contributed by atoms with van der Waals surface area (Å²) in [6.07, 6.45) is 3.93. The van der Waals surface area contributed by atoms with Gasteiger partial charge in [-0.25, -0.2) is 4.79 Å². The molecule has 0 spiro atoms. The van der Waals surface area contributed by atoms with Gasteiger partial charge in [-0.15, -0.1) is 0 Å². The predicted molar refractivity (Wildman–Crippen MR) is 53.0 cm³/mol. The summed E-state index contributed by atoms with van der Waals surface area (Å²) in [5.74, 6) is 0. The van der Waals surface area contributed by atoms with E-state index in [2.05, 4.69) is 0 Å². The maximum atomic E-state index is 11.9. The molecule has 0 aliphatic carbocycles. The molecule has 0 unspecified atom stereocenters. The molecule has 1 N–H and O–H groups in total. The Morgan fingerprint density at radius 1 is 1.07 bits per heavy atom. The zero-order valence-electron chi connectivity index (χ0n) is 8.48. The molecule has 2 aliphatic rings. The number of urea groups is 1. The zero-order valence-corrected chi connectivity index (χ0v) is 8.48. The highest BCUT2D eigenvalue weighted by Crippen LogP contribution is 2.15. The van der Waals surface area contributed by atoms with E-state index < -0.39 is 0 Å². The molecule has 2 aliphatic heterocycles. The van der Waals surface area contributed by atoms with Gasteiger partial charge in [0.25, 0.3) is 0 Å². The lowest BCUT2D eigenvalue weighted by atomic mass is 10.1. The first-order valence-electron chi connectivity index (χ1n) is 5.49. The number of carbonyl (C=O) groups is 1. The van der Waals surface area contributed by atoms with E-state index in [9.17, 15) is 9.90 Å². The molecule has 2 rings (SSSR count). The van der Waals surface area contributed by atoms with Crippen molar-refractivity contribution in [3.63, 3.8) is 0 Å². The lowest BCUT2D eigenvalue weighted by molar-refractivity contribution is 0.139. The van der Waals surface area contributed by atoms with Crippen LogP contribution in [0.5, 0.6) is 0 Å². The number of piperidine rings is 1. The Labute approximate surface area is 84.5 Å². The van der Waals surface area contributed by atoms with E-state index >= 15 is 0 Å². The quantitative estimate of drug-likeness (QED) is 0.621. The summed E-state index contributed by atoms with van der Waals surface area (Å²) in [6, 6.07) is 0.126. The van der Waals surface area contributed by atoms with Gasteiger partial charge in [-0.2, -0.15) is 0 Å². The Hall–Kier alpha value is -0.770. The molecule has 1 atom stereocenters. The van der Waals surface area contributed by atoms with Gasteiger partial charge in [-0.05, 0) is 25.7 Å². The first kappa shape index (κ1) is 9.77. The van der Waals surface area contributed by atoms with Gasteiger partial charge in [0.1, 0.15) is 0 Å². The largest absolute Gasteiger partial charge is 0.391 e.